The average molecular weight is 814 g/mol. The Balaban J connectivity index is 1.06. The van der Waals surface area contributed by atoms with Gasteiger partial charge in [-0.2, -0.15) is 0 Å². The first kappa shape index (κ1) is 35.4. The zero-order valence-corrected chi connectivity index (χ0v) is 34.9. The molecule has 64 heavy (non-hydrogen) atoms. The molecule has 0 spiro atoms. The maximum absolute atomic E-state index is 6.59. The molecule has 3 aliphatic carbocycles. The van der Waals surface area contributed by atoms with E-state index in [4.69, 9.17) is 4.42 Å². The molecule has 0 radical (unpaired) electrons. The Hall–Kier alpha value is -8.20. The number of benzene rings is 11. The van der Waals surface area contributed by atoms with Crippen LogP contribution in [0.25, 0.3) is 76.5 Å². The molecule has 298 valence electrons. The van der Waals surface area contributed by atoms with Crippen LogP contribution in [0.1, 0.15) is 45.2 Å². The molecule has 2 nitrogen and oxygen atoms in total. The fourth-order valence-corrected chi connectivity index (χ4v) is 11.5. The molecule has 0 amide bonds. The maximum Gasteiger partial charge on any atom is 0.137 e. The standard InChI is InChI=1S/C62H39NO/c1-2-14-38(15-3-1)39-26-29-41(30-27-39)63(42-31-33-50-49-20-12-13-25-57(49)64-58(50)37-42)56-35-34-43(61-59-51-21-8-10-23-53(51)60(62(56)61)54-24-11-9-22-52(54)59)40-28-32-48-46-18-5-4-16-44(46)45-17-6-7-19-47(45)55(48)36-40/h1-37,59-60H. The third-order valence-corrected chi connectivity index (χ3v) is 14.2. The molecule has 1 aromatic heterocycles. The Morgan fingerprint density at radius 1 is 0.297 bits per heavy atom. The lowest BCUT2D eigenvalue weighted by molar-refractivity contribution is 0.669. The summed E-state index contributed by atoms with van der Waals surface area (Å²) in [6.07, 6.45) is 0. The normalized spacial score (nSPS) is 14.9. The van der Waals surface area contributed by atoms with Gasteiger partial charge in [-0.3, -0.25) is 0 Å². The Bertz CT molecular complexity index is 3780. The second-order valence-electron chi connectivity index (χ2n) is 17.5. The Kier molecular flexibility index (Phi) is 7.55. The summed E-state index contributed by atoms with van der Waals surface area (Å²) in [4.78, 5) is 2.48. The van der Waals surface area contributed by atoms with Gasteiger partial charge in [-0.1, -0.05) is 176 Å². The number of nitrogens with zero attached hydrogens (tertiary/aromatic N) is 1. The summed E-state index contributed by atoms with van der Waals surface area (Å²) in [6.45, 7) is 0. The minimum Gasteiger partial charge on any atom is -0.456 e. The van der Waals surface area contributed by atoms with Gasteiger partial charge in [-0.05, 0) is 130 Å². The van der Waals surface area contributed by atoms with Crippen molar-refractivity contribution >= 4 is 71.3 Å². The van der Waals surface area contributed by atoms with E-state index in [9.17, 15) is 0 Å². The highest BCUT2D eigenvalue weighted by atomic mass is 16.3. The molecular weight excluding hydrogens is 775 g/mol. The Morgan fingerprint density at radius 2 is 0.766 bits per heavy atom. The van der Waals surface area contributed by atoms with E-state index in [0.717, 1.165) is 33.3 Å². The molecule has 0 saturated carbocycles. The Morgan fingerprint density at radius 3 is 1.42 bits per heavy atom. The van der Waals surface area contributed by atoms with E-state index >= 15 is 0 Å². The first-order chi connectivity index (χ1) is 31.8. The van der Waals surface area contributed by atoms with Gasteiger partial charge in [0, 0.05) is 40.0 Å². The molecular formula is C62H39NO. The lowest BCUT2D eigenvalue weighted by atomic mass is 9.59. The van der Waals surface area contributed by atoms with Crippen molar-refractivity contribution in [3.8, 4) is 22.3 Å². The van der Waals surface area contributed by atoms with Crippen molar-refractivity contribution in [3.05, 3.63) is 258 Å². The highest BCUT2D eigenvalue weighted by Gasteiger charge is 2.44. The highest BCUT2D eigenvalue weighted by molar-refractivity contribution is 6.25. The summed E-state index contributed by atoms with van der Waals surface area (Å²) in [6, 6.07) is 83.0. The van der Waals surface area contributed by atoms with Gasteiger partial charge in [0.05, 0.1) is 5.69 Å². The number of para-hydroxylation sites is 1. The van der Waals surface area contributed by atoms with Crippen molar-refractivity contribution in [2.45, 2.75) is 11.8 Å². The van der Waals surface area contributed by atoms with Crippen molar-refractivity contribution in [2.24, 2.45) is 0 Å². The molecule has 0 fully saturated rings. The average Bonchev–Trinajstić information content (AvgIpc) is 3.75. The van der Waals surface area contributed by atoms with Gasteiger partial charge in [0.15, 0.2) is 0 Å². The van der Waals surface area contributed by atoms with Gasteiger partial charge in [-0.15, -0.1) is 0 Å². The van der Waals surface area contributed by atoms with E-state index in [2.05, 4.69) is 223 Å². The molecule has 2 heteroatoms. The smallest absolute Gasteiger partial charge is 0.137 e. The fraction of sp³-hybridized carbons (Fsp3) is 0.0323. The van der Waals surface area contributed by atoms with Gasteiger partial charge in [0.25, 0.3) is 0 Å². The van der Waals surface area contributed by atoms with E-state index in [1.54, 1.807) is 0 Å². The second-order valence-corrected chi connectivity index (χ2v) is 17.5. The lowest BCUT2D eigenvalue weighted by Crippen LogP contribution is -2.30. The molecule has 0 saturated heterocycles. The lowest BCUT2D eigenvalue weighted by Gasteiger charge is -2.45. The molecule has 0 unspecified atom stereocenters. The second kappa shape index (κ2) is 13.6. The van der Waals surface area contributed by atoms with Crippen LogP contribution in [0.4, 0.5) is 17.1 Å². The Labute approximate surface area is 370 Å². The monoisotopic (exact) mass is 813 g/mol. The minimum absolute atomic E-state index is 0.0357. The molecule has 1 heterocycles. The number of anilines is 3. The van der Waals surface area contributed by atoms with Gasteiger partial charge >= 0.3 is 0 Å². The maximum atomic E-state index is 6.59. The number of hydrogen-bond donors (Lipinski definition) is 0. The van der Waals surface area contributed by atoms with Crippen LogP contribution in [-0.2, 0) is 0 Å². The first-order valence-corrected chi connectivity index (χ1v) is 22.3. The summed E-state index contributed by atoms with van der Waals surface area (Å²) in [7, 11) is 0. The number of hydrogen-bond acceptors (Lipinski definition) is 2. The fourth-order valence-electron chi connectivity index (χ4n) is 11.5. The van der Waals surface area contributed by atoms with Gasteiger partial charge in [-0.25, -0.2) is 0 Å². The summed E-state index contributed by atoms with van der Waals surface area (Å²) in [5, 5.41) is 9.98. The van der Waals surface area contributed by atoms with Crippen LogP contribution in [0.15, 0.2) is 229 Å². The van der Waals surface area contributed by atoms with Crippen LogP contribution in [0.5, 0.6) is 0 Å². The predicted octanol–water partition coefficient (Wildman–Crippen LogP) is 16.8. The first-order valence-electron chi connectivity index (χ1n) is 22.3. The van der Waals surface area contributed by atoms with Crippen LogP contribution >= 0.6 is 0 Å². The van der Waals surface area contributed by atoms with E-state index in [-0.39, 0.29) is 11.8 Å². The van der Waals surface area contributed by atoms with Crippen molar-refractivity contribution in [1.29, 1.82) is 0 Å². The molecule has 0 atom stereocenters. The van der Waals surface area contributed by atoms with Crippen molar-refractivity contribution in [2.75, 3.05) is 4.90 Å². The van der Waals surface area contributed by atoms with Crippen LogP contribution in [0.3, 0.4) is 0 Å². The van der Waals surface area contributed by atoms with Crippen LogP contribution in [0, 0.1) is 0 Å². The van der Waals surface area contributed by atoms with E-state index < -0.39 is 0 Å². The zero-order chi connectivity index (χ0) is 41.9. The van der Waals surface area contributed by atoms with E-state index in [0.29, 0.717) is 0 Å². The largest absolute Gasteiger partial charge is 0.456 e. The van der Waals surface area contributed by atoms with E-state index in [1.807, 2.05) is 6.07 Å². The summed E-state index contributed by atoms with van der Waals surface area (Å²) in [5.74, 6) is 0.0974. The number of rotatable bonds is 5. The summed E-state index contributed by atoms with van der Waals surface area (Å²) in [5.41, 5.74) is 18.3. The summed E-state index contributed by atoms with van der Waals surface area (Å²) < 4.78 is 6.59. The number of furan rings is 1. The summed E-state index contributed by atoms with van der Waals surface area (Å²) >= 11 is 0. The van der Waals surface area contributed by atoms with Crippen LogP contribution in [0.2, 0.25) is 0 Å². The molecule has 3 aliphatic rings. The van der Waals surface area contributed by atoms with E-state index in [1.165, 1.54) is 93.6 Å². The molecule has 2 bridgehead atoms. The SMILES string of the molecule is c1ccc(-c2ccc(N(c3ccc4c(c3)oc3ccccc34)c3ccc(-c4ccc5c6ccccc6c6ccccc6c5c4)c4c3C3c5ccccc5C4c4ccccc43)cc2)cc1. The molecule has 0 N–H and O–H groups in total. The zero-order valence-electron chi connectivity index (χ0n) is 34.9. The topological polar surface area (TPSA) is 16.4 Å². The van der Waals surface area contributed by atoms with Gasteiger partial charge < -0.3 is 9.32 Å². The molecule has 12 aromatic rings. The minimum atomic E-state index is 0.0357. The van der Waals surface area contributed by atoms with Gasteiger partial charge in [0.2, 0.25) is 0 Å². The quantitative estimate of drug-likeness (QED) is 0.161. The third-order valence-electron chi connectivity index (χ3n) is 14.2. The highest BCUT2D eigenvalue weighted by Crippen LogP contribution is 2.61. The predicted molar refractivity (Wildman–Crippen MR) is 267 cm³/mol. The van der Waals surface area contributed by atoms with Crippen molar-refractivity contribution < 1.29 is 4.42 Å². The van der Waals surface area contributed by atoms with Crippen molar-refractivity contribution in [1.82, 2.24) is 0 Å². The van der Waals surface area contributed by atoms with Crippen LogP contribution < -0.4 is 4.90 Å². The third kappa shape index (κ3) is 5.08. The van der Waals surface area contributed by atoms with Gasteiger partial charge in [0.1, 0.15) is 11.2 Å². The molecule has 0 aliphatic heterocycles. The van der Waals surface area contributed by atoms with Crippen LogP contribution in [-0.4, -0.2) is 0 Å². The molecule has 11 aromatic carbocycles. The number of fused-ring (bicyclic) bond motifs is 9. The molecule has 15 rings (SSSR count). The van der Waals surface area contributed by atoms with Crippen molar-refractivity contribution in [3.63, 3.8) is 0 Å².